The highest BCUT2D eigenvalue weighted by atomic mass is 31.2. The van der Waals surface area contributed by atoms with E-state index in [4.69, 9.17) is 24.3 Å². The molecule has 0 fully saturated rings. The van der Waals surface area contributed by atoms with Gasteiger partial charge in [-0.1, -0.05) is 187 Å². The Bertz CT molecular complexity index is 797. The van der Waals surface area contributed by atoms with Crippen molar-refractivity contribution in [2.75, 3.05) is 33.0 Å². The maximum absolute atomic E-state index is 12.5. The minimum Gasteiger partial charge on any atom is -0.457 e. The molecule has 2 unspecified atom stereocenters. The van der Waals surface area contributed by atoms with Gasteiger partial charge < -0.3 is 20.1 Å². The Hall–Kier alpha value is -0.760. The summed E-state index contributed by atoms with van der Waals surface area (Å²) in [5.41, 5.74) is 5.36. The highest BCUT2D eigenvalue weighted by Gasteiger charge is 2.25. The number of ether oxygens (including phenoxy) is 2. The lowest BCUT2D eigenvalue weighted by Crippen LogP contribution is -2.28. The molecular weight excluding hydrogens is 661 g/mol. The second-order valence-corrected chi connectivity index (χ2v) is 16.0. The summed E-state index contributed by atoms with van der Waals surface area (Å²) in [7, 11) is -4.27. The van der Waals surface area contributed by atoms with Gasteiger partial charge >= 0.3 is 13.8 Å². The zero-order valence-corrected chi connectivity index (χ0v) is 34.5. The molecule has 0 aromatic rings. The van der Waals surface area contributed by atoms with Gasteiger partial charge in [0.25, 0.3) is 0 Å². The predicted octanol–water partition coefficient (Wildman–Crippen LogP) is 12.7. The molecule has 0 spiro atoms. The van der Waals surface area contributed by atoms with Crippen LogP contribution in [0.15, 0.2) is 12.2 Å². The van der Waals surface area contributed by atoms with Gasteiger partial charge in [-0.25, -0.2) is 4.57 Å². The Morgan fingerprint density at radius 1 is 0.569 bits per heavy atom. The highest BCUT2D eigenvalue weighted by Crippen LogP contribution is 2.43. The van der Waals surface area contributed by atoms with Crippen molar-refractivity contribution in [3.8, 4) is 0 Å². The van der Waals surface area contributed by atoms with Crippen LogP contribution in [0.25, 0.3) is 0 Å². The molecule has 0 aromatic carbocycles. The Morgan fingerprint density at radius 3 is 1.51 bits per heavy atom. The second kappa shape index (κ2) is 40.4. The van der Waals surface area contributed by atoms with Gasteiger partial charge in [0.2, 0.25) is 0 Å². The van der Waals surface area contributed by atoms with Crippen molar-refractivity contribution in [1.82, 2.24) is 0 Å². The number of esters is 1. The van der Waals surface area contributed by atoms with Crippen LogP contribution in [0.1, 0.15) is 213 Å². The molecule has 8 nitrogen and oxygen atoms in total. The van der Waals surface area contributed by atoms with E-state index in [9.17, 15) is 14.3 Å². The molecule has 0 radical (unpaired) electrons. The van der Waals surface area contributed by atoms with E-state index in [0.717, 1.165) is 51.4 Å². The summed E-state index contributed by atoms with van der Waals surface area (Å²) in [4.78, 5) is 22.4. The van der Waals surface area contributed by atoms with Crippen molar-refractivity contribution in [1.29, 1.82) is 0 Å². The van der Waals surface area contributed by atoms with Crippen LogP contribution in [0.4, 0.5) is 0 Å². The molecule has 51 heavy (non-hydrogen) atoms. The number of hydrogen-bond donors (Lipinski definition) is 2. The normalized spacial score (nSPS) is 13.6. The monoisotopic (exact) mass is 746 g/mol. The van der Waals surface area contributed by atoms with Crippen LogP contribution in [0.5, 0.6) is 0 Å². The number of carbonyl (C=O) groups is 1. The summed E-state index contributed by atoms with van der Waals surface area (Å²) in [6, 6.07) is 0. The van der Waals surface area contributed by atoms with E-state index in [0.29, 0.717) is 13.0 Å². The van der Waals surface area contributed by atoms with E-state index in [1.807, 2.05) is 0 Å². The number of hydrogen-bond acceptors (Lipinski definition) is 7. The third-order valence-electron chi connectivity index (χ3n) is 9.41. The fourth-order valence-corrected chi connectivity index (χ4v) is 7.00. The molecule has 0 aliphatic rings. The van der Waals surface area contributed by atoms with Crippen molar-refractivity contribution >= 4 is 13.8 Å². The van der Waals surface area contributed by atoms with E-state index in [2.05, 4.69) is 26.0 Å². The van der Waals surface area contributed by atoms with Gasteiger partial charge in [-0.3, -0.25) is 13.8 Å². The zero-order chi connectivity index (χ0) is 37.4. The number of allylic oxidation sites excluding steroid dienone is 2. The number of rotatable bonds is 42. The van der Waals surface area contributed by atoms with Gasteiger partial charge in [0.15, 0.2) is 0 Å². The first-order valence-corrected chi connectivity index (χ1v) is 23.2. The third-order valence-corrected chi connectivity index (χ3v) is 10.4. The molecule has 3 N–H and O–H groups in total. The van der Waals surface area contributed by atoms with Gasteiger partial charge in [-0.05, 0) is 32.1 Å². The van der Waals surface area contributed by atoms with Crippen LogP contribution in [-0.2, 0) is 27.9 Å². The summed E-state index contributed by atoms with van der Waals surface area (Å²) in [5, 5.41) is 0. The molecule has 0 heterocycles. The highest BCUT2D eigenvalue weighted by molar-refractivity contribution is 7.47. The molecule has 9 heteroatoms. The van der Waals surface area contributed by atoms with Crippen molar-refractivity contribution in [3.05, 3.63) is 12.2 Å². The van der Waals surface area contributed by atoms with Gasteiger partial charge in [0, 0.05) is 19.6 Å². The first kappa shape index (κ1) is 50.2. The Labute approximate surface area is 315 Å². The number of unbranched alkanes of at least 4 members (excludes halogenated alkanes) is 27. The van der Waals surface area contributed by atoms with Crippen molar-refractivity contribution in [3.63, 3.8) is 0 Å². The van der Waals surface area contributed by atoms with E-state index in [1.54, 1.807) is 0 Å². The van der Waals surface area contributed by atoms with Gasteiger partial charge in [0.1, 0.15) is 6.10 Å². The lowest BCUT2D eigenvalue weighted by atomic mass is 10.0. The summed E-state index contributed by atoms with van der Waals surface area (Å²) >= 11 is 0. The van der Waals surface area contributed by atoms with Gasteiger partial charge in [-0.2, -0.15) is 0 Å². The quantitative estimate of drug-likeness (QED) is 0.0274. The molecule has 304 valence electrons. The summed E-state index contributed by atoms with van der Waals surface area (Å²) < 4.78 is 33.3. The summed E-state index contributed by atoms with van der Waals surface area (Å²) in [6.45, 7) is 4.89. The topological polar surface area (TPSA) is 117 Å². The number of phosphoric ester groups is 1. The van der Waals surface area contributed by atoms with Crippen molar-refractivity contribution in [2.24, 2.45) is 5.73 Å². The Kier molecular flexibility index (Phi) is 39.8. The van der Waals surface area contributed by atoms with E-state index in [-0.39, 0.29) is 32.3 Å². The maximum Gasteiger partial charge on any atom is 0.472 e. The SMILES string of the molecule is CCC/C=C\CCCCCCCC(=O)OC(COCCCCCCCCCCCCCCCCCCCCCCCC)COP(=O)(O)OCCN. The van der Waals surface area contributed by atoms with Crippen LogP contribution in [0, 0.1) is 0 Å². The third kappa shape index (κ3) is 40.3. The Balaban J connectivity index is 3.87. The average molecular weight is 746 g/mol. The van der Waals surface area contributed by atoms with Crippen LogP contribution in [-0.4, -0.2) is 49.9 Å². The van der Waals surface area contributed by atoms with Crippen molar-refractivity contribution in [2.45, 2.75) is 219 Å². The average Bonchev–Trinajstić information content (AvgIpc) is 3.12. The Morgan fingerprint density at radius 2 is 1.02 bits per heavy atom. The van der Waals surface area contributed by atoms with Gasteiger partial charge in [-0.15, -0.1) is 0 Å². The van der Waals surface area contributed by atoms with Crippen LogP contribution >= 0.6 is 7.82 Å². The molecule has 2 atom stereocenters. The van der Waals surface area contributed by atoms with Crippen LogP contribution in [0.3, 0.4) is 0 Å². The first-order chi connectivity index (χ1) is 24.9. The molecule has 0 rings (SSSR count). The van der Waals surface area contributed by atoms with Crippen molar-refractivity contribution < 1.29 is 32.8 Å². The number of nitrogens with two attached hydrogens (primary N) is 1. The lowest BCUT2D eigenvalue weighted by Gasteiger charge is -2.20. The molecule has 0 saturated heterocycles. The zero-order valence-electron chi connectivity index (χ0n) is 33.6. The minimum atomic E-state index is -4.27. The molecule has 0 amide bonds. The van der Waals surface area contributed by atoms with E-state index < -0.39 is 13.9 Å². The fourth-order valence-electron chi connectivity index (χ4n) is 6.24. The molecular formula is C42H84NO7P. The second-order valence-electron chi connectivity index (χ2n) is 14.6. The lowest BCUT2D eigenvalue weighted by molar-refractivity contribution is -0.154. The van der Waals surface area contributed by atoms with Crippen LogP contribution in [0.2, 0.25) is 0 Å². The smallest absolute Gasteiger partial charge is 0.457 e. The first-order valence-electron chi connectivity index (χ1n) is 21.7. The molecule has 0 aromatic heterocycles. The predicted molar refractivity (Wildman–Crippen MR) is 215 cm³/mol. The van der Waals surface area contributed by atoms with Gasteiger partial charge in [0.05, 0.1) is 19.8 Å². The molecule has 0 aliphatic heterocycles. The van der Waals surface area contributed by atoms with E-state index in [1.165, 1.54) is 141 Å². The largest absolute Gasteiger partial charge is 0.472 e. The number of phosphoric acid groups is 1. The van der Waals surface area contributed by atoms with E-state index >= 15 is 0 Å². The van der Waals surface area contributed by atoms with Crippen LogP contribution < -0.4 is 5.73 Å². The molecule has 0 saturated carbocycles. The number of carbonyl (C=O) groups excluding carboxylic acids is 1. The summed E-state index contributed by atoms with van der Waals surface area (Å²) in [5.74, 6) is -0.338. The molecule has 0 aliphatic carbocycles. The maximum atomic E-state index is 12.5. The fraction of sp³-hybridized carbons (Fsp3) is 0.929. The summed E-state index contributed by atoms with van der Waals surface area (Å²) in [6.07, 6.45) is 42.5. The standard InChI is InChI=1S/C42H84NO7P/c1-3-5-7-9-11-13-15-16-17-18-19-20-21-22-23-24-25-26-28-30-32-34-37-47-39-41(40-49-51(45,46)48-38-36-43)50-42(44)35-33-31-29-27-14-12-10-8-6-4-2/h8,10,41H,3-7,9,11-40,43H2,1-2H3,(H,45,46)/b10-8-. The molecule has 0 bridgehead atoms. The minimum absolute atomic E-state index is 0.0940.